The van der Waals surface area contributed by atoms with Gasteiger partial charge in [-0.1, -0.05) is 12.1 Å². The Morgan fingerprint density at radius 2 is 1.80 bits per heavy atom. The van der Waals surface area contributed by atoms with Crippen LogP contribution >= 0.6 is 0 Å². The molecule has 1 fully saturated rings. The summed E-state index contributed by atoms with van der Waals surface area (Å²) < 4.78 is 40.9. The molecule has 1 aliphatic carbocycles. The Hall–Kier alpha value is -3.56. The van der Waals surface area contributed by atoms with Gasteiger partial charge in [-0.2, -0.15) is 0 Å². The molecule has 7 nitrogen and oxygen atoms in total. The lowest BCUT2D eigenvalue weighted by molar-refractivity contribution is -0.274. The predicted molar refractivity (Wildman–Crippen MR) is 98.9 cm³/mol. The quantitative estimate of drug-likeness (QED) is 0.619. The van der Waals surface area contributed by atoms with Crippen molar-refractivity contribution in [2.45, 2.75) is 31.0 Å². The van der Waals surface area contributed by atoms with Crippen molar-refractivity contribution < 1.29 is 22.7 Å². The number of aromatic nitrogens is 4. The summed E-state index contributed by atoms with van der Waals surface area (Å²) in [6.45, 7) is 0. The van der Waals surface area contributed by atoms with Gasteiger partial charge in [0.1, 0.15) is 11.4 Å². The van der Waals surface area contributed by atoms with E-state index in [1.54, 1.807) is 6.07 Å². The van der Waals surface area contributed by atoms with Gasteiger partial charge >= 0.3 is 6.36 Å². The zero-order valence-electron chi connectivity index (χ0n) is 15.4. The number of rotatable bonds is 6. The van der Waals surface area contributed by atoms with Crippen molar-refractivity contribution in [2.75, 3.05) is 0 Å². The van der Waals surface area contributed by atoms with E-state index < -0.39 is 17.3 Å². The highest BCUT2D eigenvalue weighted by Gasteiger charge is 2.46. The number of ketones is 1. The van der Waals surface area contributed by atoms with E-state index in [1.165, 1.54) is 36.7 Å². The molecule has 0 atom stereocenters. The first-order valence-electron chi connectivity index (χ1n) is 9.02. The fraction of sp³-hybridized carbons (Fsp3) is 0.250. The Balaban J connectivity index is 1.54. The van der Waals surface area contributed by atoms with Crippen LogP contribution in [-0.4, -0.2) is 32.1 Å². The van der Waals surface area contributed by atoms with Gasteiger partial charge < -0.3 is 9.72 Å². The molecule has 3 aromatic rings. The Morgan fingerprint density at radius 3 is 2.40 bits per heavy atom. The number of H-pyrrole nitrogens is 1. The van der Waals surface area contributed by atoms with Crippen LogP contribution in [0.3, 0.4) is 0 Å². The van der Waals surface area contributed by atoms with Crippen LogP contribution in [0.5, 0.6) is 5.75 Å². The number of aromatic amines is 1. The minimum atomic E-state index is -4.76. The van der Waals surface area contributed by atoms with Gasteiger partial charge in [0, 0.05) is 30.3 Å². The number of hydrogen-bond acceptors (Lipinski definition) is 6. The minimum Gasteiger partial charge on any atom is -0.406 e. The summed E-state index contributed by atoms with van der Waals surface area (Å²) in [7, 11) is 0. The van der Waals surface area contributed by atoms with E-state index >= 15 is 0 Å². The van der Waals surface area contributed by atoms with E-state index in [0.29, 0.717) is 12.8 Å². The zero-order chi connectivity index (χ0) is 21.4. The highest BCUT2D eigenvalue weighted by Crippen LogP contribution is 2.51. The number of Topliss-reactive ketones (excluding diaryl/α,β-unsaturated/α-hetero) is 1. The molecule has 1 aromatic carbocycles. The molecule has 0 saturated heterocycles. The monoisotopic (exact) mass is 416 g/mol. The SMILES string of the molecule is O=C(CC1(c2ccc(OC(F)(F)F)cc2)CC1)c1cc(=O)[nH]c(-c2ncccn2)n1. The fourth-order valence-electron chi connectivity index (χ4n) is 3.25. The summed E-state index contributed by atoms with van der Waals surface area (Å²) in [5, 5.41) is 0. The van der Waals surface area contributed by atoms with Crippen molar-refractivity contribution in [3.63, 3.8) is 0 Å². The number of halogens is 3. The van der Waals surface area contributed by atoms with Crippen molar-refractivity contribution in [2.24, 2.45) is 0 Å². The third kappa shape index (κ3) is 4.37. The van der Waals surface area contributed by atoms with Gasteiger partial charge in [0.2, 0.25) is 0 Å². The molecule has 0 aliphatic heterocycles. The average molecular weight is 416 g/mol. The lowest BCUT2D eigenvalue weighted by atomic mass is 9.89. The largest absolute Gasteiger partial charge is 0.573 e. The molecule has 1 aliphatic rings. The number of carbonyl (C=O) groups excluding carboxylic acids is 1. The van der Waals surface area contributed by atoms with Crippen LogP contribution in [-0.2, 0) is 5.41 Å². The summed E-state index contributed by atoms with van der Waals surface area (Å²) in [6, 6.07) is 8.22. The van der Waals surface area contributed by atoms with E-state index in [4.69, 9.17) is 0 Å². The molecule has 30 heavy (non-hydrogen) atoms. The van der Waals surface area contributed by atoms with Crippen LogP contribution < -0.4 is 10.3 Å². The lowest BCUT2D eigenvalue weighted by Crippen LogP contribution is -2.19. The van der Waals surface area contributed by atoms with E-state index in [0.717, 1.165) is 11.6 Å². The lowest BCUT2D eigenvalue weighted by Gasteiger charge is -2.16. The van der Waals surface area contributed by atoms with Gasteiger partial charge in [-0.15, -0.1) is 13.2 Å². The van der Waals surface area contributed by atoms with Gasteiger partial charge in [0.15, 0.2) is 17.4 Å². The zero-order valence-corrected chi connectivity index (χ0v) is 15.4. The molecule has 1 saturated carbocycles. The van der Waals surface area contributed by atoms with Crippen LogP contribution in [0, 0.1) is 0 Å². The topological polar surface area (TPSA) is 97.8 Å². The molecule has 0 bridgehead atoms. The van der Waals surface area contributed by atoms with E-state index in [1.807, 2.05) is 0 Å². The summed E-state index contributed by atoms with van der Waals surface area (Å²) in [5.74, 6) is -0.390. The van der Waals surface area contributed by atoms with Gasteiger partial charge in [-0.25, -0.2) is 15.0 Å². The molecule has 0 radical (unpaired) electrons. The maximum atomic E-state index is 12.8. The number of hydrogen-bond donors (Lipinski definition) is 1. The Morgan fingerprint density at radius 1 is 1.13 bits per heavy atom. The van der Waals surface area contributed by atoms with Gasteiger partial charge in [0.25, 0.3) is 5.56 Å². The van der Waals surface area contributed by atoms with Crippen LogP contribution in [0.1, 0.15) is 35.3 Å². The van der Waals surface area contributed by atoms with Crippen molar-refractivity contribution in [3.8, 4) is 17.4 Å². The smallest absolute Gasteiger partial charge is 0.406 e. The molecular formula is C20H15F3N4O3. The second-order valence-corrected chi connectivity index (χ2v) is 7.00. The number of nitrogens with zero attached hydrogens (tertiary/aromatic N) is 3. The average Bonchev–Trinajstić information content (AvgIpc) is 3.48. The minimum absolute atomic E-state index is 0.00972. The summed E-state index contributed by atoms with van der Waals surface area (Å²) >= 11 is 0. The van der Waals surface area contributed by atoms with Crippen molar-refractivity contribution >= 4 is 5.78 Å². The second-order valence-electron chi connectivity index (χ2n) is 7.00. The second kappa shape index (κ2) is 7.36. The predicted octanol–water partition coefficient (Wildman–Crippen LogP) is 3.43. The molecule has 2 aromatic heterocycles. The molecule has 154 valence electrons. The summed E-state index contributed by atoms with van der Waals surface area (Å²) in [5.41, 5.74) is -0.262. The molecule has 1 N–H and O–H groups in total. The van der Waals surface area contributed by atoms with Gasteiger partial charge in [0.05, 0.1) is 0 Å². The highest BCUT2D eigenvalue weighted by atomic mass is 19.4. The molecule has 0 amide bonds. The number of carbonyl (C=O) groups is 1. The van der Waals surface area contributed by atoms with Crippen molar-refractivity contribution in [1.82, 2.24) is 19.9 Å². The van der Waals surface area contributed by atoms with Crippen LogP contribution in [0.4, 0.5) is 13.2 Å². The van der Waals surface area contributed by atoms with Crippen molar-refractivity contribution in [3.05, 3.63) is 70.4 Å². The third-order valence-electron chi connectivity index (χ3n) is 4.86. The third-order valence-corrected chi connectivity index (χ3v) is 4.86. The number of ether oxygens (including phenoxy) is 1. The molecular weight excluding hydrogens is 401 g/mol. The fourth-order valence-corrected chi connectivity index (χ4v) is 3.25. The molecule has 10 heteroatoms. The molecule has 0 unspecified atom stereocenters. The Bertz CT molecular complexity index is 1120. The first-order chi connectivity index (χ1) is 14.2. The molecule has 2 heterocycles. The number of alkyl halides is 3. The Labute approximate surface area is 168 Å². The molecule has 0 spiro atoms. The summed E-state index contributed by atoms with van der Waals surface area (Å²) in [6.07, 6.45) is -0.296. The van der Waals surface area contributed by atoms with Crippen LogP contribution in [0.15, 0.2) is 53.6 Å². The normalized spacial score (nSPS) is 14.9. The first-order valence-corrected chi connectivity index (χ1v) is 9.02. The summed E-state index contributed by atoms with van der Waals surface area (Å²) in [4.78, 5) is 39.5. The number of nitrogens with one attached hydrogen (secondary N) is 1. The number of benzene rings is 1. The molecule has 4 rings (SSSR count). The van der Waals surface area contributed by atoms with E-state index in [-0.39, 0.29) is 35.3 Å². The van der Waals surface area contributed by atoms with Gasteiger partial charge in [-0.05, 0) is 36.6 Å². The first kappa shape index (κ1) is 19.7. The van der Waals surface area contributed by atoms with Crippen LogP contribution in [0.2, 0.25) is 0 Å². The standard InChI is InChI=1S/C20H15F3N4O3/c21-20(22,23)30-13-4-2-12(3-5-13)19(6-7-19)11-15(28)14-10-16(29)27-18(26-14)17-24-8-1-9-25-17/h1-5,8-10H,6-7,11H2,(H,26,27,29). The van der Waals surface area contributed by atoms with Crippen molar-refractivity contribution in [1.29, 1.82) is 0 Å². The Kier molecular flexibility index (Phi) is 4.84. The maximum absolute atomic E-state index is 12.8. The highest BCUT2D eigenvalue weighted by molar-refractivity contribution is 5.95. The van der Waals surface area contributed by atoms with E-state index in [9.17, 15) is 22.8 Å². The van der Waals surface area contributed by atoms with Gasteiger partial charge in [-0.3, -0.25) is 9.59 Å². The maximum Gasteiger partial charge on any atom is 0.573 e. The van der Waals surface area contributed by atoms with E-state index in [2.05, 4.69) is 24.7 Å². The van der Waals surface area contributed by atoms with Crippen LogP contribution in [0.25, 0.3) is 11.6 Å².